The molecule has 2 N–H and O–H groups in total. The van der Waals surface area contributed by atoms with Crippen molar-refractivity contribution in [1.29, 1.82) is 0 Å². The van der Waals surface area contributed by atoms with Gasteiger partial charge in [-0.05, 0) is 31.9 Å². The van der Waals surface area contributed by atoms with Crippen LogP contribution in [-0.2, 0) is 6.54 Å². The van der Waals surface area contributed by atoms with Crippen molar-refractivity contribution in [3.05, 3.63) is 41.6 Å². The largest absolute Gasteiger partial charge is 0.366 e. The first-order chi connectivity index (χ1) is 9.15. The standard InChI is InChI=1S/C14H19N5/c1-10(2)17-13-9-16-19-14(18-13)15-8-12-7-5-4-6-11(12)3/h4-7,9-10H,8H2,1-3H3,(H2,15,17,18,19). The third-order valence-corrected chi connectivity index (χ3v) is 2.69. The molecular weight excluding hydrogens is 238 g/mol. The van der Waals surface area contributed by atoms with E-state index in [2.05, 4.69) is 58.7 Å². The molecule has 2 rings (SSSR count). The van der Waals surface area contributed by atoms with E-state index in [1.54, 1.807) is 6.20 Å². The fourth-order valence-corrected chi connectivity index (χ4v) is 1.73. The molecule has 5 nitrogen and oxygen atoms in total. The normalized spacial score (nSPS) is 10.5. The van der Waals surface area contributed by atoms with E-state index in [4.69, 9.17) is 0 Å². The summed E-state index contributed by atoms with van der Waals surface area (Å²) in [6, 6.07) is 8.56. The smallest absolute Gasteiger partial charge is 0.244 e. The molecule has 0 bridgehead atoms. The van der Waals surface area contributed by atoms with Crippen molar-refractivity contribution in [3.63, 3.8) is 0 Å². The molecule has 0 aliphatic heterocycles. The summed E-state index contributed by atoms with van der Waals surface area (Å²) in [5, 5.41) is 14.3. The lowest BCUT2D eigenvalue weighted by Crippen LogP contribution is -2.13. The van der Waals surface area contributed by atoms with Gasteiger partial charge in [0.2, 0.25) is 5.95 Å². The quantitative estimate of drug-likeness (QED) is 0.862. The van der Waals surface area contributed by atoms with Crippen LogP contribution in [0.2, 0.25) is 0 Å². The number of hydrogen-bond donors (Lipinski definition) is 2. The van der Waals surface area contributed by atoms with Gasteiger partial charge in [0.1, 0.15) is 0 Å². The van der Waals surface area contributed by atoms with E-state index in [1.165, 1.54) is 11.1 Å². The number of aryl methyl sites for hydroxylation is 1. The average Bonchev–Trinajstić information content (AvgIpc) is 2.37. The number of aromatic nitrogens is 3. The summed E-state index contributed by atoms with van der Waals surface area (Å²) in [6.07, 6.45) is 1.62. The summed E-state index contributed by atoms with van der Waals surface area (Å²) in [7, 11) is 0. The van der Waals surface area contributed by atoms with Crippen molar-refractivity contribution in [3.8, 4) is 0 Å². The van der Waals surface area contributed by atoms with Crippen LogP contribution < -0.4 is 10.6 Å². The van der Waals surface area contributed by atoms with Crippen molar-refractivity contribution in [2.45, 2.75) is 33.4 Å². The highest BCUT2D eigenvalue weighted by Crippen LogP contribution is 2.10. The van der Waals surface area contributed by atoms with Crippen molar-refractivity contribution in [2.24, 2.45) is 0 Å². The summed E-state index contributed by atoms with van der Waals surface area (Å²) in [4.78, 5) is 4.36. The molecule has 1 aromatic carbocycles. The lowest BCUT2D eigenvalue weighted by atomic mass is 10.1. The molecule has 0 saturated heterocycles. The van der Waals surface area contributed by atoms with Gasteiger partial charge in [-0.2, -0.15) is 10.1 Å². The van der Waals surface area contributed by atoms with Gasteiger partial charge in [-0.1, -0.05) is 24.3 Å². The summed E-state index contributed by atoms with van der Waals surface area (Å²) in [6.45, 7) is 6.90. The second-order valence-electron chi connectivity index (χ2n) is 4.74. The van der Waals surface area contributed by atoms with Gasteiger partial charge < -0.3 is 10.6 Å². The molecule has 0 atom stereocenters. The predicted molar refractivity (Wildman–Crippen MR) is 77.1 cm³/mol. The Hall–Kier alpha value is -2.17. The van der Waals surface area contributed by atoms with Crippen molar-refractivity contribution < 1.29 is 0 Å². The van der Waals surface area contributed by atoms with E-state index in [0.29, 0.717) is 18.5 Å². The Kier molecular flexibility index (Phi) is 4.28. The molecule has 0 amide bonds. The van der Waals surface area contributed by atoms with Crippen LogP contribution in [0.4, 0.5) is 11.8 Å². The molecule has 1 heterocycles. The van der Waals surface area contributed by atoms with E-state index in [-0.39, 0.29) is 0 Å². The number of anilines is 2. The van der Waals surface area contributed by atoms with Gasteiger partial charge in [0.25, 0.3) is 0 Å². The van der Waals surface area contributed by atoms with Crippen molar-refractivity contribution in [2.75, 3.05) is 10.6 Å². The Morgan fingerprint density at radius 1 is 1.21 bits per heavy atom. The van der Waals surface area contributed by atoms with Crippen LogP contribution in [0.15, 0.2) is 30.5 Å². The molecule has 5 heteroatoms. The summed E-state index contributed by atoms with van der Waals surface area (Å²) in [5.74, 6) is 1.27. The van der Waals surface area contributed by atoms with Gasteiger partial charge in [-0.25, -0.2) is 0 Å². The first-order valence-corrected chi connectivity index (χ1v) is 6.40. The van der Waals surface area contributed by atoms with Crippen LogP contribution in [0.5, 0.6) is 0 Å². The first kappa shape index (κ1) is 13.3. The fraction of sp³-hybridized carbons (Fsp3) is 0.357. The van der Waals surface area contributed by atoms with Crippen molar-refractivity contribution in [1.82, 2.24) is 15.2 Å². The highest BCUT2D eigenvalue weighted by molar-refractivity contribution is 5.38. The van der Waals surface area contributed by atoms with Gasteiger partial charge in [-0.3, -0.25) is 0 Å². The Morgan fingerprint density at radius 2 is 2.00 bits per heavy atom. The van der Waals surface area contributed by atoms with Crippen LogP contribution in [0, 0.1) is 6.92 Å². The summed E-state index contributed by atoms with van der Waals surface area (Å²) >= 11 is 0. The van der Waals surface area contributed by atoms with E-state index in [9.17, 15) is 0 Å². The van der Waals surface area contributed by atoms with E-state index < -0.39 is 0 Å². The van der Waals surface area contributed by atoms with Crippen LogP contribution in [0.1, 0.15) is 25.0 Å². The van der Waals surface area contributed by atoms with Crippen LogP contribution in [0.3, 0.4) is 0 Å². The highest BCUT2D eigenvalue weighted by Gasteiger charge is 2.02. The number of hydrogen-bond acceptors (Lipinski definition) is 5. The average molecular weight is 257 g/mol. The molecular formula is C14H19N5. The number of benzene rings is 1. The molecule has 19 heavy (non-hydrogen) atoms. The van der Waals surface area contributed by atoms with Gasteiger partial charge >= 0.3 is 0 Å². The molecule has 0 spiro atoms. The molecule has 0 radical (unpaired) electrons. The Bertz CT molecular complexity index is 539. The number of nitrogens with zero attached hydrogens (tertiary/aromatic N) is 3. The molecule has 100 valence electrons. The van der Waals surface area contributed by atoms with Gasteiger partial charge in [0.05, 0.1) is 6.20 Å². The maximum atomic E-state index is 4.36. The summed E-state index contributed by atoms with van der Waals surface area (Å²) in [5.41, 5.74) is 2.48. The Morgan fingerprint density at radius 3 is 2.74 bits per heavy atom. The maximum absolute atomic E-state index is 4.36. The highest BCUT2D eigenvalue weighted by atomic mass is 15.3. The first-order valence-electron chi connectivity index (χ1n) is 6.40. The maximum Gasteiger partial charge on any atom is 0.244 e. The van der Waals surface area contributed by atoms with E-state index in [1.807, 2.05) is 12.1 Å². The lowest BCUT2D eigenvalue weighted by Gasteiger charge is -2.10. The zero-order chi connectivity index (χ0) is 13.7. The van der Waals surface area contributed by atoms with Crippen LogP contribution in [0.25, 0.3) is 0 Å². The zero-order valence-corrected chi connectivity index (χ0v) is 11.5. The molecule has 0 aliphatic rings. The molecule has 2 aromatic rings. The monoisotopic (exact) mass is 257 g/mol. The number of rotatable bonds is 5. The summed E-state index contributed by atoms with van der Waals surface area (Å²) < 4.78 is 0. The Labute approximate surface area is 113 Å². The molecule has 0 saturated carbocycles. The second-order valence-corrected chi connectivity index (χ2v) is 4.74. The van der Waals surface area contributed by atoms with Gasteiger partial charge in [0, 0.05) is 12.6 Å². The van der Waals surface area contributed by atoms with E-state index >= 15 is 0 Å². The third-order valence-electron chi connectivity index (χ3n) is 2.69. The fourth-order valence-electron chi connectivity index (χ4n) is 1.73. The Balaban J connectivity index is 2.02. The topological polar surface area (TPSA) is 62.7 Å². The third kappa shape index (κ3) is 3.91. The van der Waals surface area contributed by atoms with Gasteiger partial charge in [-0.15, -0.1) is 5.10 Å². The second kappa shape index (κ2) is 6.13. The SMILES string of the molecule is Cc1ccccc1CNc1nncc(NC(C)C)n1. The number of nitrogens with one attached hydrogen (secondary N) is 2. The molecule has 0 fully saturated rings. The van der Waals surface area contributed by atoms with Crippen molar-refractivity contribution >= 4 is 11.8 Å². The molecule has 0 aliphatic carbocycles. The molecule has 0 unspecified atom stereocenters. The molecule has 1 aromatic heterocycles. The minimum absolute atomic E-state index is 0.320. The van der Waals surface area contributed by atoms with E-state index in [0.717, 1.165) is 5.82 Å². The van der Waals surface area contributed by atoms with Crippen LogP contribution in [-0.4, -0.2) is 21.2 Å². The minimum atomic E-state index is 0.320. The lowest BCUT2D eigenvalue weighted by molar-refractivity contribution is 0.868. The minimum Gasteiger partial charge on any atom is -0.366 e. The van der Waals surface area contributed by atoms with Crippen LogP contribution >= 0.6 is 0 Å². The predicted octanol–water partition coefficient (Wildman–Crippen LogP) is 2.61. The van der Waals surface area contributed by atoms with Gasteiger partial charge in [0.15, 0.2) is 5.82 Å². The zero-order valence-electron chi connectivity index (χ0n) is 11.5.